The van der Waals surface area contributed by atoms with Crippen LogP contribution in [-0.4, -0.2) is 31.5 Å². The van der Waals surface area contributed by atoms with Crippen molar-refractivity contribution in [2.24, 2.45) is 5.41 Å². The molecule has 1 fully saturated rings. The topological polar surface area (TPSA) is 41.5 Å². The average Bonchev–Trinajstić information content (AvgIpc) is 2.31. The van der Waals surface area contributed by atoms with E-state index in [-0.39, 0.29) is 12.0 Å². The van der Waals surface area contributed by atoms with Gasteiger partial charge < -0.3 is 15.2 Å². The first-order valence-electron chi connectivity index (χ1n) is 6.55. The van der Waals surface area contributed by atoms with Gasteiger partial charge in [-0.15, -0.1) is 0 Å². The van der Waals surface area contributed by atoms with Crippen LogP contribution in [0.4, 0.5) is 0 Å². The molecule has 2 N–H and O–H groups in total. The summed E-state index contributed by atoms with van der Waals surface area (Å²) in [4.78, 5) is 0. The molecule has 0 spiro atoms. The number of rotatable bonds is 5. The molecule has 1 atom stereocenters. The summed E-state index contributed by atoms with van der Waals surface area (Å²) in [6.45, 7) is 8.75. The first-order chi connectivity index (χ1) is 8.56. The molecule has 100 valence electrons. The molecule has 1 aromatic rings. The van der Waals surface area contributed by atoms with E-state index in [1.165, 1.54) is 16.7 Å². The van der Waals surface area contributed by atoms with Gasteiger partial charge in [-0.3, -0.25) is 0 Å². The molecule has 2 rings (SSSR count). The van der Waals surface area contributed by atoms with E-state index in [9.17, 15) is 5.11 Å². The zero-order valence-electron chi connectivity index (χ0n) is 11.5. The second-order valence-corrected chi connectivity index (χ2v) is 5.60. The number of benzene rings is 1. The fourth-order valence-corrected chi connectivity index (χ4v) is 2.16. The van der Waals surface area contributed by atoms with Gasteiger partial charge in [0.15, 0.2) is 0 Å². The highest BCUT2D eigenvalue weighted by Crippen LogP contribution is 2.27. The molecule has 0 bridgehead atoms. The maximum atomic E-state index is 9.38. The van der Waals surface area contributed by atoms with Crippen molar-refractivity contribution in [3.63, 3.8) is 0 Å². The van der Waals surface area contributed by atoms with E-state index in [1.807, 2.05) is 0 Å². The fourth-order valence-electron chi connectivity index (χ4n) is 2.16. The van der Waals surface area contributed by atoms with Gasteiger partial charge in [0.25, 0.3) is 0 Å². The van der Waals surface area contributed by atoms with Crippen molar-refractivity contribution in [1.82, 2.24) is 5.32 Å². The third kappa shape index (κ3) is 2.74. The number of nitrogens with one attached hydrogen (secondary N) is 1. The maximum Gasteiger partial charge on any atom is 0.0579 e. The first-order valence-corrected chi connectivity index (χ1v) is 6.55. The summed E-state index contributed by atoms with van der Waals surface area (Å²) < 4.78 is 5.20. The molecule has 0 aliphatic carbocycles. The second-order valence-electron chi connectivity index (χ2n) is 5.60. The molecular formula is C15H23NO2. The lowest BCUT2D eigenvalue weighted by atomic mass is 9.86. The Kier molecular flexibility index (Phi) is 4.05. The number of aryl methyl sites for hydroxylation is 2. The van der Waals surface area contributed by atoms with Gasteiger partial charge >= 0.3 is 0 Å². The van der Waals surface area contributed by atoms with E-state index in [2.05, 4.69) is 44.3 Å². The van der Waals surface area contributed by atoms with Crippen molar-refractivity contribution >= 4 is 0 Å². The minimum atomic E-state index is -0.0615. The fraction of sp³-hybridized carbons (Fsp3) is 0.600. The van der Waals surface area contributed by atoms with E-state index < -0.39 is 0 Å². The van der Waals surface area contributed by atoms with Crippen LogP contribution < -0.4 is 5.32 Å². The summed E-state index contributed by atoms with van der Waals surface area (Å²) in [5, 5.41) is 12.9. The molecular weight excluding hydrogens is 226 g/mol. The predicted molar refractivity (Wildman–Crippen MR) is 72.7 cm³/mol. The summed E-state index contributed by atoms with van der Waals surface area (Å²) in [6, 6.07) is 6.86. The summed E-state index contributed by atoms with van der Waals surface area (Å²) in [5.74, 6) is 0. The van der Waals surface area contributed by atoms with Gasteiger partial charge in [-0.25, -0.2) is 0 Å². The summed E-state index contributed by atoms with van der Waals surface area (Å²) in [5.41, 5.74) is 3.88. The Bertz CT molecular complexity index is 407. The molecule has 0 radical (unpaired) electrons. The van der Waals surface area contributed by atoms with Crippen LogP contribution in [0, 0.1) is 19.3 Å². The van der Waals surface area contributed by atoms with Gasteiger partial charge in [0.2, 0.25) is 0 Å². The highest BCUT2D eigenvalue weighted by atomic mass is 16.5. The van der Waals surface area contributed by atoms with Crippen LogP contribution >= 0.6 is 0 Å². The largest absolute Gasteiger partial charge is 0.396 e. The summed E-state index contributed by atoms with van der Waals surface area (Å²) in [6.07, 6.45) is 0. The number of ether oxygens (including phenoxy) is 1. The molecule has 0 amide bonds. The van der Waals surface area contributed by atoms with Gasteiger partial charge in [-0.2, -0.15) is 0 Å². The first kappa shape index (κ1) is 13.5. The SMILES string of the molecule is Cc1ccc(C(C)NCC2(CO)COC2)cc1C. The van der Waals surface area contributed by atoms with Crippen LogP contribution in [0.2, 0.25) is 0 Å². The third-order valence-electron chi connectivity index (χ3n) is 3.97. The Balaban J connectivity index is 1.94. The Morgan fingerprint density at radius 1 is 1.33 bits per heavy atom. The van der Waals surface area contributed by atoms with Crippen LogP contribution in [0.1, 0.15) is 29.7 Å². The minimum absolute atomic E-state index is 0.0615. The molecule has 1 unspecified atom stereocenters. The lowest BCUT2D eigenvalue weighted by molar-refractivity contribution is -0.135. The van der Waals surface area contributed by atoms with E-state index in [0.717, 1.165) is 6.54 Å². The van der Waals surface area contributed by atoms with Crippen LogP contribution in [0.25, 0.3) is 0 Å². The van der Waals surface area contributed by atoms with Gasteiger partial charge in [-0.1, -0.05) is 18.2 Å². The van der Waals surface area contributed by atoms with Crippen LogP contribution in [0.5, 0.6) is 0 Å². The number of aliphatic hydroxyl groups is 1. The smallest absolute Gasteiger partial charge is 0.0579 e. The van der Waals surface area contributed by atoms with E-state index >= 15 is 0 Å². The highest BCUT2D eigenvalue weighted by molar-refractivity contribution is 5.31. The number of hydrogen-bond acceptors (Lipinski definition) is 3. The number of aliphatic hydroxyl groups excluding tert-OH is 1. The molecule has 18 heavy (non-hydrogen) atoms. The van der Waals surface area contributed by atoms with Crippen molar-refractivity contribution in [3.05, 3.63) is 34.9 Å². The Morgan fingerprint density at radius 3 is 2.56 bits per heavy atom. The van der Waals surface area contributed by atoms with E-state index in [4.69, 9.17) is 4.74 Å². The van der Waals surface area contributed by atoms with Gasteiger partial charge in [0, 0.05) is 12.6 Å². The van der Waals surface area contributed by atoms with E-state index in [0.29, 0.717) is 19.3 Å². The molecule has 3 nitrogen and oxygen atoms in total. The summed E-state index contributed by atoms with van der Waals surface area (Å²) >= 11 is 0. The third-order valence-corrected chi connectivity index (χ3v) is 3.97. The second kappa shape index (κ2) is 5.39. The van der Waals surface area contributed by atoms with Crippen molar-refractivity contribution in [3.8, 4) is 0 Å². The molecule has 1 aliphatic rings. The monoisotopic (exact) mass is 249 g/mol. The molecule has 0 aromatic heterocycles. The predicted octanol–water partition coefficient (Wildman–Crippen LogP) is 1.96. The van der Waals surface area contributed by atoms with Gasteiger partial charge in [-0.05, 0) is 37.5 Å². The average molecular weight is 249 g/mol. The Morgan fingerprint density at radius 2 is 2.06 bits per heavy atom. The van der Waals surface area contributed by atoms with Gasteiger partial charge in [0.05, 0.1) is 25.2 Å². The number of hydrogen-bond donors (Lipinski definition) is 2. The molecule has 3 heteroatoms. The molecule has 1 aliphatic heterocycles. The minimum Gasteiger partial charge on any atom is -0.396 e. The zero-order chi connectivity index (χ0) is 13.2. The zero-order valence-corrected chi connectivity index (χ0v) is 11.5. The highest BCUT2D eigenvalue weighted by Gasteiger charge is 2.37. The van der Waals surface area contributed by atoms with Crippen LogP contribution in [0.3, 0.4) is 0 Å². The molecule has 1 saturated heterocycles. The standard InChI is InChI=1S/C15H23NO2/c1-11-4-5-14(6-12(11)2)13(3)16-7-15(8-17)9-18-10-15/h4-6,13,16-17H,7-10H2,1-3H3. The van der Waals surface area contributed by atoms with Crippen molar-refractivity contribution in [2.45, 2.75) is 26.8 Å². The molecule has 1 heterocycles. The maximum absolute atomic E-state index is 9.38. The van der Waals surface area contributed by atoms with Gasteiger partial charge in [0.1, 0.15) is 0 Å². The Labute approximate surface area is 109 Å². The molecule has 1 aromatic carbocycles. The molecule has 0 saturated carbocycles. The van der Waals surface area contributed by atoms with Crippen LogP contribution in [0.15, 0.2) is 18.2 Å². The normalized spacial score (nSPS) is 19.3. The van der Waals surface area contributed by atoms with Crippen molar-refractivity contribution in [2.75, 3.05) is 26.4 Å². The lowest BCUT2D eigenvalue weighted by Crippen LogP contribution is -2.52. The van der Waals surface area contributed by atoms with Crippen LogP contribution in [-0.2, 0) is 4.74 Å². The van der Waals surface area contributed by atoms with Crippen molar-refractivity contribution < 1.29 is 9.84 Å². The van der Waals surface area contributed by atoms with Crippen molar-refractivity contribution in [1.29, 1.82) is 0 Å². The quantitative estimate of drug-likeness (QED) is 0.838. The Hall–Kier alpha value is -0.900. The summed E-state index contributed by atoms with van der Waals surface area (Å²) in [7, 11) is 0. The lowest BCUT2D eigenvalue weighted by Gasteiger charge is -2.40. The van der Waals surface area contributed by atoms with E-state index in [1.54, 1.807) is 0 Å².